The van der Waals surface area contributed by atoms with Gasteiger partial charge in [0.1, 0.15) is 0 Å². The highest BCUT2D eigenvalue weighted by Gasteiger charge is 2.24. The van der Waals surface area contributed by atoms with E-state index in [1.54, 1.807) is 27.7 Å². The zero-order valence-electron chi connectivity index (χ0n) is 15.2. The van der Waals surface area contributed by atoms with Gasteiger partial charge in [-0.25, -0.2) is 9.59 Å². The topological polar surface area (TPSA) is 127 Å². The van der Waals surface area contributed by atoms with Crippen LogP contribution in [-0.4, -0.2) is 47.3 Å². The zero-order chi connectivity index (χ0) is 20.5. The normalized spacial score (nSPS) is 9.12. The van der Waals surface area contributed by atoms with E-state index in [0.717, 1.165) is 12.2 Å². The molecule has 144 valence electrons. The van der Waals surface area contributed by atoms with Gasteiger partial charge in [-0.15, -0.1) is 0 Å². The van der Waals surface area contributed by atoms with Crippen LogP contribution in [0.5, 0.6) is 0 Å². The van der Waals surface area contributed by atoms with Crippen LogP contribution in [0.3, 0.4) is 0 Å². The molecule has 0 aliphatic rings. The summed E-state index contributed by atoms with van der Waals surface area (Å²) >= 11 is 0. The van der Waals surface area contributed by atoms with E-state index in [9.17, 15) is 19.2 Å². The van der Waals surface area contributed by atoms with Crippen LogP contribution in [0.4, 0.5) is 0 Å². The number of carbonyl (C=O) groups excluding carboxylic acids is 2. The smallest absolute Gasteiger partial charge is 0.330 e. The van der Waals surface area contributed by atoms with E-state index < -0.39 is 17.4 Å². The van der Waals surface area contributed by atoms with Gasteiger partial charge in [0.15, 0.2) is 0 Å². The van der Waals surface area contributed by atoms with Crippen molar-refractivity contribution in [2.24, 2.45) is 5.41 Å². The molecule has 2 N–H and O–H groups in total. The number of hydrogen-bond acceptors (Lipinski definition) is 6. The van der Waals surface area contributed by atoms with Crippen LogP contribution in [0.1, 0.15) is 40.5 Å². The summed E-state index contributed by atoms with van der Waals surface area (Å²) in [5, 5.41) is 16.7. The second kappa shape index (κ2) is 16.2. The Morgan fingerprint density at radius 3 is 1.24 bits per heavy atom. The summed E-state index contributed by atoms with van der Waals surface area (Å²) in [6, 6.07) is 0. The molecule has 0 bridgehead atoms. The van der Waals surface area contributed by atoms with Crippen molar-refractivity contribution >= 4 is 23.9 Å². The van der Waals surface area contributed by atoms with E-state index in [1.807, 2.05) is 0 Å². The van der Waals surface area contributed by atoms with E-state index >= 15 is 0 Å². The van der Waals surface area contributed by atoms with Gasteiger partial charge >= 0.3 is 23.9 Å². The highest BCUT2D eigenvalue weighted by atomic mass is 16.5. The summed E-state index contributed by atoms with van der Waals surface area (Å²) in [6.07, 6.45) is 2.06. The van der Waals surface area contributed by atoms with Gasteiger partial charge in [0.2, 0.25) is 0 Å². The fourth-order valence-corrected chi connectivity index (χ4v) is 1.28. The minimum absolute atomic E-state index is 0.112. The third-order valence-corrected chi connectivity index (χ3v) is 2.17. The molecule has 0 atom stereocenters. The molecule has 0 saturated carbocycles. The summed E-state index contributed by atoms with van der Waals surface area (Å²) in [5.41, 5.74) is -0.655. The van der Waals surface area contributed by atoms with E-state index in [1.165, 1.54) is 0 Å². The Bertz CT molecular complexity index is 412. The molecule has 0 amide bonds. The molecule has 25 heavy (non-hydrogen) atoms. The van der Waals surface area contributed by atoms with Gasteiger partial charge in [-0.2, -0.15) is 0 Å². The molecular formula is C17H28O8. The van der Waals surface area contributed by atoms with Crippen molar-refractivity contribution in [1.29, 1.82) is 0 Å². The first kappa shape index (κ1) is 27.2. The van der Waals surface area contributed by atoms with Gasteiger partial charge in [0, 0.05) is 12.2 Å². The lowest BCUT2D eigenvalue weighted by atomic mass is 9.86. The van der Waals surface area contributed by atoms with Gasteiger partial charge in [-0.05, 0) is 19.3 Å². The van der Waals surface area contributed by atoms with Crippen molar-refractivity contribution in [3.63, 3.8) is 0 Å². The highest BCUT2D eigenvalue weighted by molar-refractivity contribution is 5.81. The van der Waals surface area contributed by atoms with E-state index in [4.69, 9.17) is 10.2 Å². The first-order valence-corrected chi connectivity index (χ1v) is 7.47. The fourth-order valence-electron chi connectivity index (χ4n) is 1.28. The molecule has 0 heterocycles. The van der Waals surface area contributed by atoms with Crippen molar-refractivity contribution in [1.82, 2.24) is 0 Å². The van der Waals surface area contributed by atoms with Crippen LogP contribution in [0, 0.1) is 5.41 Å². The summed E-state index contributed by atoms with van der Waals surface area (Å²) in [5.74, 6) is -2.64. The third kappa shape index (κ3) is 26.6. The minimum atomic E-state index is -0.962. The number of carboxylic acid groups (broad SMARTS) is 2. The molecule has 0 aromatic heterocycles. The second-order valence-corrected chi connectivity index (χ2v) is 5.22. The van der Waals surface area contributed by atoms with Crippen molar-refractivity contribution in [2.75, 3.05) is 13.2 Å². The molecule has 0 unspecified atom stereocenters. The molecule has 8 nitrogen and oxygen atoms in total. The van der Waals surface area contributed by atoms with Crippen molar-refractivity contribution in [3.8, 4) is 0 Å². The quantitative estimate of drug-likeness (QED) is 0.499. The average Bonchev–Trinajstić information content (AvgIpc) is 2.46. The van der Waals surface area contributed by atoms with Gasteiger partial charge < -0.3 is 19.7 Å². The average molecular weight is 360 g/mol. The number of carbonyl (C=O) groups is 4. The molecule has 0 radical (unpaired) electrons. The third-order valence-electron chi connectivity index (χ3n) is 2.17. The fraction of sp³-hybridized carbons (Fsp3) is 0.529. The van der Waals surface area contributed by atoms with Crippen LogP contribution in [0.2, 0.25) is 0 Å². The number of carboxylic acids is 2. The second-order valence-electron chi connectivity index (χ2n) is 5.22. The molecule has 0 fully saturated rings. The Labute approximate surface area is 148 Å². The lowest BCUT2D eigenvalue weighted by Crippen LogP contribution is -2.20. The van der Waals surface area contributed by atoms with Gasteiger partial charge in [-0.1, -0.05) is 27.0 Å². The van der Waals surface area contributed by atoms with Crippen LogP contribution in [-0.2, 0) is 28.7 Å². The van der Waals surface area contributed by atoms with Crippen molar-refractivity contribution in [3.05, 3.63) is 25.3 Å². The van der Waals surface area contributed by atoms with Gasteiger partial charge in [0.25, 0.3) is 0 Å². The first-order chi connectivity index (χ1) is 11.4. The predicted octanol–water partition coefficient (Wildman–Crippen LogP) is 2.43. The number of esters is 2. The standard InChI is InChI=1S/C7H12O4.2C5H8O2/c1-7(2,3-5(8)9)4-6(10)11;2*1-3-5(6)7-4-2/h3-4H2,1-2H3,(H,8,9)(H,10,11);2*3H,1,4H2,2H3. The molecule has 0 aromatic rings. The molecule has 0 spiro atoms. The summed E-state index contributed by atoms with van der Waals surface area (Å²) in [4.78, 5) is 40.6. The van der Waals surface area contributed by atoms with E-state index in [-0.39, 0.29) is 24.8 Å². The number of rotatable bonds is 8. The van der Waals surface area contributed by atoms with Crippen molar-refractivity contribution in [2.45, 2.75) is 40.5 Å². The SMILES string of the molecule is C=CC(=O)OCC.C=CC(=O)OCC.CC(C)(CC(=O)O)CC(=O)O. The van der Waals surface area contributed by atoms with E-state index in [0.29, 0.717) is 13.2 Å². The zero-order valence-corrected chi connectivity index (χ0v) is 15.2. The summed E-state index contributed by atoms with van der Waals surface area (Å²) in [6.45, 7) is 14.0. The Balaban J connectivity index is -0.000000304. The van der Waals surface area contributed by atoms with Crippen molar-refractivity contribution < 1.29 is 38.9 Å². The van der Waals surface area contributed by atoms with Gasteiger partial charge in [0.05, 0.1) is 26.1 Å². The molecule has 0 aliphatic heterocycles. The number of ether oxygens (including phenoxy) is 2. The molecule has 8 heteroatoms. The Morgan fingerprint density at radius 1 is 0.840 bits per heavy atom. The maximum atomic E-state index is 10.2. The van der Waals surface area contributed by atoms with Crippen LogP contribution < -0.4 is 0 Å². The summed E-state index contributed by atoms with van der Waals surface area (Å²) < 4.78 is 8.87. The summed E-state index contributed by atoms with van der Waals surface area (Å²) in [7, 11) is 0. The number of aliphatic carboxylic acids is 2. The van der Waals surface area contributed by atoms with Gasteiger partial charge in [-0.3, -0.25) is 9.59 Å². The molecule has 0 aromatic carbocycles. The minimum Gasteiger partial charge on any atom is -0.481 e. The van der Waals surface area contributed by atoms with Crippen LogP contribution in [0.15, 0.2) is 25.3 Å². The Morgan fingerprint density at radius 2 is 1.12 bits per heavy atom. The predicted molar refractivity (Wildman–Crippen MR) is 91.9 cm³/mol. The molecule has 0 aliphatic carbocycles. The van der Waals surface area contributed by atoms with Crippen LogP contribution in [0.25, 0.3) is 0 Å². The van der Waals surface area contributed by atoms with E-state index in [2.05, 4.69) is 22.6 Å². The maximum absolute atomic E-state index is 10.2. The van der Waals surface area contributed by atoms with Crippen LogP contribution >= 0.6 is 0 Å². The Hall–Kier alpha value is -2.64. The maximum Gasteiger partial charge on any atom is 0.330 e. The molecule has 0 saturated heterocycles. The first-order valence-electron chi connectivity index (χ1n) is 7.47. The highest BCUT2D eigenvalue weighted by Crippen LogP contribution is 2.24. The molecule has 0 rings (SSSR count). The molecular weight excluding hydrogens is 332 g/mol. The lowest BCUT2D eigenvalue weighted by Gasteiger charge is -2.18. The monoisotopic (exact) mass is 360 g/mol. The number of hydrogen-bond donors (Lipinski definition) is 2. The largest absolute Gasteiger partial charge is 0.481 e. The Kier molecular flexibility index (Phi) is 17.7. The lowest BCUT2D eigenvalue weighted by molar-refractivity contribution is -0.143.